The van der Waals surface area contributed by atoms with Gasteiger partial charge in [0.1, 0.15) is 5.82 Å². The standard InChI is InChI=1S/C22H19FN4O2S2/c23-16-7-5-15(6-8-16)21(29)24-9-11-27-13-19(17-3-1-2-4-18(17)27)31-14-20(28)26-22-25-10-12-30-22/h1-8,10,12-13H,9,11,14H2,(H,24,29)(H,25,26,28). The van der Waals surface area contributed by atoms with Gasteiger partial charge >= 0.3 is 0 Å². The molecular weight excluding hydrogens is 435 g/mol. The number of para-hydroxylation sites is 1. The number of carbonyl (C=O) groups excluding carboxylic acids is 2. The lowest BCUT2D eigenvalue weighted by Crippen LogP contribution is -2.27. The lowest BCUT2D eigenvalue weighted by atomic mass is 10.2. The van der Waals surface area contributed by atoms with Gasteiger partial charge in [-0.1, -0.05) is 18.2 Å². The molecule has 0 saturated heterocycles. The van der Waals surface area contributed by atoms with Crippen LogP contribution in [-0.4, -0.2) is 33.7 Å². The minimum atomic E-state index is -0.374. The highest BCUT2D eigenvalue weighted by atomic mass is 32.2. The molecule has 4 aromatic rings. The van der Waals surface area contributed by atoms with E-state index in [1.54, 1.807) is 6.20 Å². The van der Waals surface area contributed by atoms with Gasteiger partial charge in [0.15, 0.2) is 5.13 Å². The van der Waals surface area contributed by atoms with Crippen molar-refractivity contribution in [3.05, 3.63) is 77.7 Å². The van der Waals surface area contributed by atoms with Gasteiger partial charge in [-0.05, 0) is 30.3 Å². The number of rotatable bonds is 8. The molecule has 0 radical (unpaired) electrons. The normalized spacial score (nSPS) is 10.9. The van der Waals surface area contributed by atoms with Crippen LogP contribution in [0.5, 0.6) is 0 Å². The fraction of sp³-hybridized carbons (Fsp3) is 0.136. The molecule has 0 fully saturated rings. The molecule has 0 spiro atoms. The Morgan fingerprint density at radius 3 is 2.71 bits per heavy atom. The van der Waals surface area contributed by atoms with Crippen molar-refractivity contribution in [1.29, 1.82) is 0 Å². The van der Waals surface area contributed by atoms with Crippen molar-refractivity contribution in [2.75, 3.05) is 17.6 Å². The summed E-state index contributed by atoms with van der Waals surface area (Å²) in [4.78, 5) is 29.5. The van der Waals surface area contributed by atoms with Crippen LogP contribution in [0.1, 0.15) is 10.4 Å². The zero-order chi connectivity index (χ0) is 21.6. The Kier molecular flexibility index (Phi) is 6.63. The summed E-state index contributed by atoms with van der Waals surface area (Å²) in [5.41, 5.74) is 1.45. The van der Waals surface area contributed by atoms with Crippen LogP contribution in [0.3, 0.4) is 0 Å². The van der Waals surface area contributed by atoms with E-state index < -0.39 is 0 Å². The van der Waals surface area contributed by atoms with E-state index in [-0.39, 0.29) is 23.4 Å². The zero-order valence-corrected chi connectivity index (χ0v) is 18.0. The summed E-state index contributed by atoms with van der Waals surface area (Å²) in [5, 5.41) is 9.09. The molecule has 0 atom stereocenters. The van der Waals surface area contributed by atoms with Crippen LogP contribution in [0, 0.1) is 5.82 Å². The van der Waals surface area contributed by atoms with Gasteiger partial charge in [-0.15, -0.1) is 23.1 Å². The fourth-order valence-corrected chi connectivity index (χ4v) is 4.52. The maximum Gasteiger partial charge on any atom is 0.251 e. The number of fused-ring (bicyclic) bond motifs is 1. The number of aromatic nitrogens is 2. The van der Waals surface area contributed by atoms with E-state index in [2.05, 4.69) is 20.2 Å². The van der Waals surface area contributed by atoms with E-state index in [1.807, 2.05) is 35.8 Å². The topological polar surface area (TPSA) is 76.0 Å². The number of nitrogens with one attached hydrogen (secondary N) is 2. The number of benzene rings is 2. The summed E-state index contributed by atoms with van der Waals surface area (Å²) in [6.07, 6.45) is 3.64. The van der Waals surface area contributed by atoms with Crippen LogP contribution in [0.15, 0.2) is 71.2 Å². The Hall–Kier alpha value is -3.17. The Balaban J connectivity index is 1.38. The molecule has 0 aliphatic carbocycles. The number of thiazole rings is 1. The van der Waals surface area contributed by atoms with E-state index >= 15 is 0 Å². The molecule has 31 heavy (non-hydrogen) atoms. The smallest absolute Gasteiger partial charge is 0.251 e. The first-order chi connectivity index (χ1) is 15.1. The van der Waals surface area contributed by atoms with Crippen molar-refractivity contribution in [3.63, 3.8) is 0 Å². The molecule has 4 rings (SSSR count). The van der Waals surface area contributed by atoms with Crippen molar-refractivity contribution < 1.29 is 14.0 Å². The number of carbonyl (C=O) groups is 2. The van der Waals surface area contributed by atoms with Gasteiger partial charge in [0.25, 0.3) is 5.91 Å². The van der Waals surface area contributed by atoms with E-state index in [0.717, 1.165) is 15.8 Å². The number of thioether (sulfide) groups is 1. The molecule has 2 amide bonds. The summed E-state index contributed by atoms with van der Waals surface area (Å²) < 4.78 is 15.1. The first kappa shape index (κ1) is 21.1. The Morgan fingerprint density at radius 1 is 1.13 bits per heavy atom. The molecule has 158 valence electrons. The number of hydrogen-bond donors (Lipinski definition) is 2. The van der Waals surface area contributed by atoms with Crippen molar-refractivity contribution >= 4 is 50.9 Å². The molecule has 2 aromatic heterocycles. The monoisotopic (exact) mass is 454 g/mol. The van der Waals surface area contributed by atoms with Crippen LogP contribution in [-0.2, 0) is 11.3 Å². The van der Waals surface area contributed by atoms with Gasteiger partial charge in [0.05, 0.1) is 5.75 Å². The first-order valence-electron chi connectivity index (χ1n) is 9.54. The molecule has 2 heterocycles. The van der Waals surface area contributed by atoms with E-state index in [0.29, 0.717) is 23.8 Å². The average Bonchev–Trinajstić information content (AvgIpc) is 3.41. The maximum absolute atomic E-state index is 13.0. The van der Waals surface area contributed by atoms with Gasteiger partial charge in [-0.25, -0.2) is 9.37 Å². The molecule has 0 unspecified atom stereocenters. The number of anilines is 1. The summed E-state index contributed by atoms with van der Waals surface area (Å²) >= 11 is 2.84. The Labute approximate surface area is 186 Å². The molecular formula is C22H19FN4O2S2. The average molecular weight is 455 g/mol. The Morgan fingerprint density at radius 2 is 1.94 bits per heavy atom. The molecule has 2 aromatic carbocycles. The fourth-order valence-electron chi connectivity index (χ4n) is 3.09. The second-order valence-electron chi connectivity index (χ2n) is 6.64. The van der Waals surface area contributed by atoms with Gasteiger partial charge in [0.2, 0.25) is 5.91 Å². The van der Waals surface area contributed by atoms with Crippen molar-refractivity contribution in [2.24, 2.45) is 0 Å². The van der Waals surface area contributed by atoms with Crippen molar-refractivity contribution in [2.45, 2.75) is 11.4 Å². The van der Waals surface area contributed by atoms with Crippen LogP contribution in [0.4, 0.5) is 9.52 Å². The van der Waals surface area contributed by atoms with E-state index in [9.17, 15) is 14.0 Å². The number of amides is 2. The van der Waals surface area contributed by atoms with Gasteiger partial charge in [-0.3, -0.25) is 9.59 Å². The minimum absolute atomic E-state index is 0.108. The number of halogens is 1. The first-order valence-corrected chi connectivity index (χ1v) is 11.4. The van der Waals surface area contributed by atoms with Gasteiger partial charge in [-0.2, -0.15) is 0 Å². The summed E-state index contributed by atoms with van der Waals surface area (Å²) in [5.74, 6) is -0.455. The molecule has 9 heteroatoms. The molecule has 2 N–H and O–H groups in total. The lowest BCUT2D eigenvalue weighted by molar-refractivity contribution is -0.113. The number of hydrogen-bond acceptors (Lipinski definition) is 5. The summed E-state index contributed by atoms with van der Waals surface area (Å²) in [6, 6.07) is 13.4. The molecule has 0 aliphatic heterocycles. The quantitative estimate of drug-likeness (QED) is 0.387. The Bertz CT molecular complexity index is 1190. The summed E-state index contributed by atoms with van der Waals surface area (Å²) in [7, 11) is 0. The molecule has 6 nitrogen and oxygen atoms in total. The predicted molar refractivity (Wildman–Crippen MR) is 122 cm³/mol. The maximum atomic E-state index is 13.0. The largest absolute Gasteiger partial charge is 0.350 e. The van der Waals surface area contributed by atoms with Gasteiger partial charge in [0, 0.05) is 52.2 Å². The molecule has 0 bridgehead atoms. The van der Waals surface area contributed by atoms with Crippen LogP contribution >= 0.6 is 23.1 Å². The second kappa shape index (κ2) is 9.76. The van der Waals surface area contributed by atoms with Crippen molar-refractivity contribution in [3.8, 4) is 0 Å². The van der Waals surface area contributed by atoms with E-state index in [1.165, 1.54) is 47.4 Å². The minimum Gasteiger partial charge on any atom is -0.350 e. The third kappa shape index (κ3) is 5.31. The van der Waals surface area contributed by atoms with Crippen molar-refractivity contribution in [1.82, 2.24) is 14.9 Å². The third-order valence-electron chi connectivity index (χ3n) is 4.53. The number of nitrogens with zero attached hydrogens (tertiary/aromatic N) is 2. The molecule has 0 aliphatic rings. The highest BCUT2D eigenvalue weighted by molar-refractivity contribution is 8.00. The second-order valence-corrected chi connectivity index (χ2v) is 8.55. The molecule has 0 saturated carbocycles. The van der Waals surface area contributed by atoms with E-state index in [4.69, 9.17) is 0 Å². The highest BCUT2D eigenvalue weighted by Gasteiger charge is 2.12. The summed E-state index contributed by atoms with van der Waals surface area (Å²) in [6.45, 7) is 0.989. The van der Waals surface area contributed by atoms with Gasteiger partial charge < -0.3 is 15.2 Å². The van der Waals surface area contributed by atoms with Crippen LogP contribution < -0.4 is 10.6 Å². The third-order valence-corrected chi connectivity index (χ3v) is 6.27. The SMILES string of the molecule is O=C(CSc1cn(CCNC(=O)c2ccc(F)cc2)c2ccccc12)Nc1nccs1. The predicted octanol–water partition coefficient (Wildman–Crippen LogP) is 4.40. The highest BCUT2D eigenvalue weighted by Crippen LogP contribution is 2.30. The zero-order valence-electron chi connectivity index (χ0n) is 16.4. The lowest BCUT2D eigenvalue weighted by Gasteiger charge is -2.07. The van der Waals surface area contributed by atoms with Crippen LogP contribution in [0.25, 0.3) is 10.9 Å². The van der Waals surface area contributed by atoms with Crippen LogP contribution in [0.2, 0.25) is 0 Å².